The summed E-state index contributed by atoms with van der Waals surface area (Å²) < 4.78 is 40.1. The van der Waals surface area contributed by atoms with Gasteiger partial charge in [-0.1, -0.05) is 37.3 Å². The van der Waals surface area contributed by atoms with Gasteiger partial charge in [-0.05, 0) is 82.4 Å². The highest BCUT2D eigenvalue weighted by Crippen LogP contribution is 2.36. The lowest BCUT2D eigenvalue weighted by molar-refractivity contribution is -0.115. The van der Waals surface area contributed by atoms with E-state index in [1.165, 1.54) is 12.1 Å². The maximum atomic E-state index is 14.6. The van der Waals surface area contributed by atoms with Gasteiger partial charge < -0.3 is 10.3 Å². The van der Waals surface area contributed by atoms with Crippen LogP contribution >= 0.6 is 0 Å². The van der Waals surface area contributed by atoms with Gasteiger partial charge in [0.1, 0.15) is 11.5 Å². The minimum absolute atomic E-state index is 0.00652. The minimum atomic E-state index is -3.42. The first kappa shape index (κ1) is 27.4. The number of aromatic amines is 2. The second-order valence-electron chi connectivity index (χ2n) is 10.2. The smallest absolute Gasteiger partial charge is 0.224 e. The number of sulfonamides is 1. The van der Waals surface area contributed by atoms with Crippen LogP contribution in [0.4, 0.5) is 10.1 Å². The third-order valence-corrected chi connectivity index (χ3v) is 7.76. The number of anilines is 1. The predicted molar refractivity (Wildman–Crippen MR) is 165 cm³/mol. The summed E-state index contributed by atoms with van der Waals surface area (Å²) in [4.78, 5) is 15.3. The van der Waals surface area contributed by atoms with E-state index in [4.69, 9.17) is 0 Å². The van der Waals surface area contributed by atoms with Crippen molar-refractivity contribution in [1.29, 1.82) is 0 Å². The fraction of sp³-hybridized carbons (Fsp3) is 0.125. The molecule has 0 unspecified atom stereocenters. The average molecular weight is 582 g/mol. The number of fused-ring (bicyclic) bond motifs is 2. The Balaban J connectivity index is 1.39. The summed E-state index contributed by atoms with van der Waals surface area (Å²) in [6, 6.07) is 26.1. The van der Waals surface area contributed by atoms with Gasteiger partial charge >= 0.3 is 0 Å². The van der Waals surface area contributed by atoms with Gasteiger partial charge in [0.25, 0.3) is 0 Å². The number of hydrogen-bond donors (Lipinski definition) is 4. The quantitative estimate of drug-likeness (QED) is 0.162. The molecular formula is C32H28FN5O3S. The highest BCUT2D eigenvalue weighted by molar-refractivity contribution is 7.88. The summed E-state index contributed by atoms with van der Waals surface area (Å²) in [5.41, 5.74) is 7.90. The molecule has 0 aliphatic rings. The summed E-state index contributed by atoms with van der Waals surface area (Å²) in [7, 11) is -3.42. The molecule has 42 heavy (non-hydrogen) atoms. The molecule has 0 spiro atoms. The van der Waals surface area contributed by atoms with E-state index in [0.29, 0.717) is 17.5 Å². The summed E-state index contributed by atoms with van der Waals surface area (Å²) in [5.74, 6) is -0.493. The Morgan fingerprint density at radius 1 is 0.881 bits per heavy atom. The minimum Gasteiger partial charge on any atom is -0.353 e. The van der Waals surface area contributed by atoms with Crippen LogP contribution in [0.2, 0.25) is 0 Å². The molecule has 0 aliphatic carbocycles. The molecule has 10 heteroatoms. The first-order valence-electron chi connectivity index (χ1n) is 13.4. The van der Waals surface area contributed by atoms with E-state index in [9.17, 15) is 17.6 Å². The number of carbonyl (C=O) groups is 1. The van der Waals surface area contributed by atoms with Crippen LogP contribution in [0.3, 0.4) is 0 Å². The molecule has 212 valence electrons. The van der Waals surface area contributed by atoms with Gasteiger partial charge in [-0.25, -0.2) is 17.5 Å². The highest BCUT2D eigenvalue weighted by Gasteiger charge is 2.15. The van der Waals surface area contributed by atoms with Gasteiger partial charge in [-0.2, -0.15) is 5.10 Å². The maximum absolute atomic E-state index is 14.6. The molecule has 0 radical (unpaired) electrons. The van der Waals surface area contributed by atoms with E-state index >= 15 is 0 Å². The Kier molecular flexibility index (Phi) is 7.09. The molecule has 2 aromatic heterocycles. The molecule has 2 heterocycles. The fourth-order valence-corrected chi connectivity index (χ4v) is 5.51. The molecule has 6 aromatic rings. The van der Waals surface area contributed by atoms with Crippen molar-refractivity contribution in [2.75, 3.05) is 11.6 Å². The number of rotatable bonds is 8. The Hall–Kier alpha value is -4.80. The van der Waals surface area contributed by atoms with Crippen LogP contribution in [0, 0.1) is 5.82 Å². The van der Waals surface area contributed by atoms with Gasteiger partial charge in [0.2, 0.25) is 15.9 Å². The van der Waals surface area contributed by atoms with Crippen LogP contribution in [-0.4, -0.2) is 35.8 Å². The van der Waals surface area contributed by atoms with Crippen LogP contribution in [0.1, 0.15) is 18.9 Å². The molecule has 1 amide bonds. The number of H-pyrrole nitrogens is 2. The van der Waals surface area contributed by atoms with E-state index in [1.807, 2.05) is 67.6 Å². The van der Waals surface area contributed by atoms with Crippen molar-refractivity contribution in [2.45, 2.75) is 19.9 Å². The summed E-state index contributed by atoms with van der Waals surface area (Å²) >= 11 is 0. The SMILES string of the molecule is CCC(=O)Nc1cccc(-c2ccc3[nH]nc(-c4cc5c(-c6cc(F)cc(CNS(C)(=O)=O)c6)cccc5[nH]4)c3c2)c1. The van der Waals surface area contributed by atoms with Gasteiger partial charge in [-0.3, -0.25) is 9.89 Å². The Labute approximate surface area is 242 Å². The molecule has 8 nitrogen and oxygen atoms in total. The van der Waals surface area contributed by atoms with Crippen LogP contribution in [0.25, 0.3) is 55.4 Å². The lowest BCUT2D eigenvalue weighted by Gasteiger charge is -2.08. The van der Waals surface area contributed by atoms with Gasteiger partial charge in [0.15, 0.2) is 0 Å². The first-order chi connectivity index (χ1) is 20.2. The number of nitrogens with zero attached hydrogens (tertiary/aromatic N) is 1. The van der Waals surface area contributed by atoms with E-state index in [-0.39, 0.29) is 12.5 Å². The molecule has 0 saturated carbocycles. The second kappa shape index (κ2) is 10.9. The molecule has 0 atom stereocenters. The van der Waals surface area contributed by atoms with Crippen LogP contribution in [-0.2, 0) is 21.4 Å². The third-order valence-electron chi connectivity index (χ3n) is 7.09. The fourth-order valence-electron chi connectivity index (χ4n) is 5.08. The molecule has 6 rings (SSSR count). The van der Waals surface area contributed by atoms with E-state index in [2.05, 4.69) is 31.3 Å². The number of amides is 1. The maximum Gasteiger partial charge on any atom is 0.224 e. The van der Waals surface area contributed by atoms with Gasteiger partial charge in [-0.15, -0.1) is 0 Å². The number of halogens is 1. The van der Waals surface area contributed by atoms with Gasteiger partial charge in [0.05, 0.1) is 17.5 Å². The van der Waals surface area contributed by atoms with E-state index < -0.39 is 15.8 Å². The lowest BCUT2D eigenvalue weighted by atomic mass is 9.99. The summed E-state index contributed by atoms with van der Waals surface area (Å²) in [5, 5.41) is 12.4. The Bertz CT molecular complexity index is 2080. The first-order valence-corrected chi connectivity index (χ1v) is 15.3. The molecule has 0 aliphatic heterocycles. The standard InChI is InChI=1S/C32H28FN5O3S/c1-3-31(39)35-24-7-4-6-20(15-24)21-10-11-29-27(16-21)32(38-37-29)30-17-26-25(8-5-9-28(26)36-30)22-12-19(13-23(33)14-22)18-34-42(2,40)41/h4-17,34,36H,3,18H2,1-2H3,(H,35,39)(H,37,38). The van der Waals surface area contributed by atoms with Gasteiger partial charge in [0, 0.05) is 34.9 Å². The lowest BCUT2D eigenvalue weighted by Crippen LogP contribution is -2.21. The topological polar surface area (TPSA) is 120 Å². The predicted octanol–water partition coefficient (Wildman–Crippen LogP) is 6.58. The molecular weight excluding hydrogens is 553 g/mol. The van der Waals surface area contributed by atoms with Crippen molar-refractivity contribution in [1.82, 2.24) is 19.9 Å². The number of benzene rings is 4. The van der Waals surface area contributed by atoms with E-state index in [1.54, 1.807) is 6.07 Å². The van der Waals surface area contributed by atoms with Crippen molar-refractivity contribution in [3.63, 3.8) is 0 Å². The number of aromatic nitrogens is 3. The highest BCUT2D eigenvalue weighted by atomic mass is 32.2. The zero-order valence-electron chi connectivity index (χ0n) is 23.0. The largest absolute Gasteiger partial charge is 0.353 e. The Morgan fingerprint density at radius 3 is 2.50 bits per heavy atom. The van der Waals surface area contributed by atoms with Crippen molar-refractivity contribution >= 4 is 43.4 Å². The van der Waals surface area contributed by atoms with Crippen LogP contribution < -0.4 is 10.0 Å². The van der Waals surface area contributed by atoms with E-state index in [0.717, 1.165) is 61.8 Å². The third kappa shape index (κ3) is 5.67. The normalized spacial score (nSPS) is 11.8. The molecule has 4 N–H and O–H groups in total. The zero-order valence-corrected chi connectivity index (χ0v) is 23.8. The average Bonchev–Trinajstić information content (AvgIpc) is 3.59. The molecule has 4 aromatic carbocycles. The second-order valence-corrected chi connectivity index (χ2v) is 12.0. The number of nitrogens with one attached hydrogen (secondary N) is 4. The van der Waals surface area contributed by atoms with Crippen LogP contribution in [0.15, 0.2) is 84.9 Å². The number of carbonyl (C=O) groups excluding carboxylic acids is 1. The monoisotopic (exact) mass is 581 g/mol. The molecule has 0 bridgehead atoms. The van der Waals surface area contributed by atoms with Crippen LogP contribution in [0.5, 0.6) is 0 Å². The molecule has 0 saturated heterocycles. The molecule has 0 fully saturated rings. The number of hydrogen-bond acceptors (Lipinski definition) is 4. The summed E-state index contributed by atoms with van der Waals surface area (Å²) in [6.07, 6.45) is 1.47. The van der Waals surface area contributed by atoms with Crippen molar-refractivity contribution in [3.8, 4) is 33.6 Å². The zero-order chi connectivity index (χ0) is 29.4. The van der Waals surface area contributed by atoms with Crippen molar-refractivity contribution in [3.05, 3.63) is 96.3 Å². The van der Waals surface area contributed by atoms with Crippen molar-refractivity contribution in [2.24, 2.45) is 0 Å². The summed E-state index contributed by atoms with van der Waals surface area (Å²) in [6.45, 7) is 1.81. The van der Waals surface area contributed by atoms with Crippen molar-refractivity contribution < 1.29 is 17.6 Å². The Morgan fingerprint density at radius 2 is 1.69 bits per heavy atom.